The zero-order valence-corrected chi connectivity index (χ0v) is 24.7. The van der Waals surface area contributed by atoms with Crippen LogP contribution in [0.15, 0.2) is 42.5 Å². The molecular formula is C31H37ClFNO5P. The van der Waals surface area contributed by atoms with Crippen molar-refractivity contribution < 1.29 is 28.2 Å². The van der Waals surface area contributed by atoms with Gasteiger partial charge in [0.15, 0.2) is 17.9 Å². The second kappa shape index (κ2) is 12.7. The highest BCUT2D eigenvalue weighted by atomic mass is 35.5. The summed E-state index contributed by atoms with van der Waals surface area (Å²) in [5.74, 6) is 0.0551. The molecule has 6 nitrogen and oxygen atoms in total. The Morgan fingerprint density at radius 2 is 1.85 bits per heavy atom. The molecule has 9 heteroatoms. The minimum Gasteiger partial charge on any atom is -0.506 e. The quantitative estimate of drug-likeness (QED) is 0.213. The van der Waals surface area contributed by atoms with Gasteiger partial charge in [-0.05, 0) is 79.3 Å². The third-order valence-electron chi connectivity index (χ3n) is 7.95. The molecule has 0 bridgehead atoms. The predicted molar refractivity (Wildman–Crippen MR) is 156 cm³/mol. The van der Waals surface area contributed by atoms with Gasteiger partial charge in [0.25, 0.3) is 7.94 Å². The van der Waals surface area contributed by atoms with Crippen molar-refractivity contribution in [3.8, 4) is 11.5 Å². The fraction of sp³-hybridized carbons (Fsp3) is 0.452. The predicted octanol–water partition coefficient (Wildman–Crippen LogP) is 8.49. The van der Waals surface area contributed by atoms with Crippen LogP contribution in [0.5, 0.6) is 11.5 Å². The number of halogens is 2. The van der Waals surface area contributed by atoms with E-state index < -0.39 is 13.8 Å². The third kappa shape index (κ3) is 6.78. The first-order valence-corrected chi connectivity index (χ1v) is 16.2. The van der Waals surface area contributed by atoms with Gasteiger partial charge in [0, 0.05) is 29.5 Å². The lowest BCUT2D eigenvalue weighted by Crippen LogP contribution is -2.21. The lowest BCUT2D eigenvalue weighted by atomic mass is 9.94. The molecule has 1 aromatic heterocycles. The number of aryl methyl sites for hydroxylation is 1. The molecule has 2 fully saturated rings. The van der Waals surface area contributed by atoms with Crippen LogP contribution < -0.4 is 4.74 Å². The molecule has 1 radical (unpaired) electrons. The van der Waals surface area contributed by atoms with Crippen LogP contribution in [0.25, 0.3) is 0 Å². The molecule has 2 atom stereocenters. The van der Waals surface area contributed by atoms with E-state index >= 15 is 4.39 Å². The normalized spacial score (nSPS) is 22.2. The number of aromatic hydroxyl groups is 1. The lowest BCUT2D eigenvalue weighted by Gasteiger charge is -2.37. The van der Waals surface area contributed by atoms with Crippen LogP contribution in [0.2, 0.25) is 5.02 Å². The first-order chi connectivity index (χ1) is 19.2. The molecule has 0 amide bonds. The van der Waals surface area contributed by atoms with Crippen LogP contribution >= 0.6 is 19.5 Å². The summed E-state index contributed by atoms with van der Waals surface area (Å²) < 4.78 is 32.8. The molecule has 1 aliphatic heterocycles. The van der Waals surface area contributed by atoms with Crippen molar-refractivity contribution in [2.24, 2.45) is 0 Å². The monoisotopic (exact) mass is 588 g/mol. The zero-order valence-electron chi connectivity index (χ0n) is 23.0. The van der Waals surface area contributed by atoms with Crippen LogP contribution in [0, 0.1) is 19.7 Å². The average Bonchev–Trinajstić information content (AvgIpc) is 3.23. The van der Waals surface area contributed by atoms with E-state index in [4.69, 9.17) is 30.4 Å². The molecule has 5 rings (SSSR count). The Kier molecular flexibility index (Phi) is 9.28. The van der Waals surface area contributed by atoms with Crippen LogP contribution in [-0.2, 0) is 15.5 Å². The van der Waals surface area contributed by atoms with Gasteiger partial charge in [-0.1, -0.05) is 49.4 Å². The molecule has 0 spiro atoms. The van der Waals surface area contributed by atoms with Crippen LogP contribution in [0.3, 0.4) is 0 Å². The lowest BCUT2D eigenvalue weighted by molar-refractivity contribution is 0.0515. The van der Waals surface area contributed by atoms with Gasteiger partial charge in [0.2, 0.25) is 0 Å². The minimum atomic E-state index is -3.38. The van der Waals surface area contributed by atoms with Crippen LogP contribution in [0.1, 0.15) is 90.6 Å². The maximum atomic E-state index is 15.5. The van der Waals surface area contributed by atoms with E-state index in [1.165, 1.54) is 12.8 Å². The zero-order chi connectivity index (χ0) is 28.3. The molecule has 40 heavy (non-hydrogen) atoms. The first-order valence-electron chi connectivity index (χ1n) is 14.0. The molecule has 2 unspecified atom stereocenters. The Bertz CT molecular complexity index is 1350. The Balaban J connectivity index is 1.30. The SMILES string of the molecule is Cc1cc(OC[P]2(O)OCCC(c3cccc(Cl)c3)O2)c(F)c(C)c1Cc1ccc(O)c(C2CCCCCC2)n1. The topological polar surface area (TPSA) is 81.0 Å². The minimum absolute atomic E-state index is 0.0436. The number of pyridine rings is 1. The van der Waals surface area contributed by atoms with E-state index in [9.17, 15) is 10.00 Å². The van der Waals surface area contributed by atoms with Crippen LogP contribution in [-0.4, -0.2) is 27.9 Å². The van der Waals surface area contributed by atoms with Gasteiger partial charge in [-0.25, -0.2) is 4.39 Å². The van der Waals surface area contributed by atoms with Crippen molar-refractivity contribution >= 4 is 19.5 Å². The number of hydrogen-bond acceptors (Lipinski definition) is 6. The Hall–Kier alpha value is -2.28. The Morgan fingerprint density at radius 1 is 1.07 bits per heavy atom. The fourth-order valence-corrected chi connectivity index (χ4v) is 7.43. The first kappa shape index (κ1) is 29.2. The molecule has 2 aromatic carbocycles. The number of hydrogen-bond donors (Lipinski definition) is 2. The van der Waals surface area contributed by atoms with Crippen LogP contribution in [0.4, 0.5) is 4.39 Å². The molecule has 3 aromatic rings. The van der Waals surface area contributed by atoms with E-state index in [2.05, 4.69) is 0 Å². The number of ether oxygens (including phenoxy) is 1. The highest BCUT2D eigenvalue weighted by molar-refractivity contribution is 7.60. The molecule has 215 valence electrons. The summed E-state index contributed by atoms with van der Waals surface area (Å²) >= 11 is 6.12. The summed E-state index contributed by atoms with van der Waals surface area (Å²) in [6, 6.07) is 12.5. The molecule has 1 aliphatic carbocycles. The highest BCUT2D eigenvalue weighted by Gasteiger charge is 2.38. The van der Waals surface area contributed by atoms with Crippen molar-refractivity contribution in [2.45, 2.75) is 77.2 Å². The second-order valence-corrected chi connectivity index (χ2v) is 13.3. The summed E-state index contributed by atoms with van der Waals surface area (Å²) in [6.07, 6.45) is 7.15. The van der Waals surface area contributed by atoms with Gasteiger partial charge in [0.1, 0.15) is 5.75 Å². The molecule has 1 saturated heterocycles. The number of aromatic nitrogens is 1. The summed E-state index contributed by atoms with van der Waals surface area (Å²) in [6.45, 7) is 3.93. The summed E-state index contributed by atoms with van der Waals surface area (Å²) in [4.78, 5) is 15.9. The van der Waals surface area contributed by atoms with Crippen molar-refractivity contribution in [3.05, 3.63) is 86.9 Å². The largest absolute Gasteiger partial charge is 0.506 e. The number of benzene rings is 2. The molecule has 2 N–H and O–H groups in total. The maximum Gasteiger partial charge on any atom is 0.269 e. The number of nitrogens with zero attached hydrogens (tertiary/aromatic N) is 1. The highest BCUT2D eigenvalue weighted by Crippen LogP contribution is 2.63. The Labute approximate surface area is 241 Å². The second-order valence-electron chi connectivity index (χ2n) is 10.9. The molecular weight excluding hydrogens is 552 g/mol. The van der Waals surface area contributed by atoms with E-state index in [1.807, 2.05) is 25.1 Å². The molecule has 2 heterocycles. The van der Waals surface area contributed by atoms with Crippen molar-refractivity contribution in [2.75, 3.05) is 13.0 Å². The van der Waals surface area contributed by atoms with E-state index in [-0.39, 0.29) is 29.9 Å². The number of rotatable bonds is 7. The van der Waals surface area contributed by atoms with Crippen molar-refractivity contribution in [3.63, 3.8) is 0 Å². The van der Waals surface area contributed by atoms with E-state index in [0.29, 0.717) is 30.0 Å². The van der Waals surface area contributed by atoms with Gasteiger partial charge >= 0.3 is 0 Å². The summed E-state index contributed by atoms with van der Waals surface area (Å²) in [5, 5.41) is 11.1. The maximum absolute atomic E-state index is 15.5. The molecule has 2 aliphatic rings. The third-order valence-corrected chi connectivity index (χ3v) is 9.81. The van der Waals surface area contributed by atoms with Gasteiger partial charge in [-0.2, -0.15) is 0 Å². The average molecular weight is 589 g/mol. The van der Waals surface area contributed by atoms with Gasteiger partial charge < -0.3 is 23.8 Å². The van der Waals surface area contributed by atoms with Gasteiger partial charge in [-0.15, -0.1) is 0 Å². The fourth-order valence-electron chi connectivity index (χ4n) is 5.72. The van der Waals surface area contributed by atoms with Gasteiger partial charge in [0.05, 0.1) is 18.4 Å². The summed E-state index contributed by atoms with van der Waals surface area (Å²) in [7, 11) is -3.38. The molecule has 1 saturated carbocycles. The smallest absolute Gasteiger partial charge is 0.269 e. The van der Waals surface area contributed by atoms with E-state index in [0.717, 1.165) is 53.8 Å². The Morgan fingerprint density at radius 3 is 2.60 bits per heavy atom. The van der Waals surface area contributed by atoms with Gasteiger partial charge in [-0.3, -0.25) is 4.98 Å². The standard InChI is InChI=1S/C31H37ClFNO5P/c1-20-16-29(37-19-40(36)38-15-14-28(39-40)23-10-7-11-24(32)17-23)30(33)21(2)26(20)18-25-12-13-27(35)31(34-25)22-8-5-3-4-6-9-22/h7,10-13,16-17,22,28,35-36H,3-6,8-9,14-15,18-19H2,1-2H3. The van der Waals surface area contributed by atoms with E-state index in [1.54, 1.807) is 31.2 Å². The van der Waals surface area contributed by atoms with Crippen molar-refractivity contribution in [1.29, 1.82) is 0 Å². The summed E-state index contributed by atoms with van der Waals surface area (Å²) in [5.41, 5.74) is 4.56. The van der Waals surface area contributed by atoms with Crippen molar-refractivity contribution in [1.82, 2.24) is 4.98 Å².